The fourth-order valence-corrected chi connectivity index (χ4v) is 1.59. The monoisotopic (exact) mass is 253 g/mol. The van der Waals surface area contributed by atoms with E-state index in [1.165, 1.54) is 0 Å². The van der Waals surface area contributed by atoms with E-state index in [4.69, 9.17) is 5.11 Å². The third kappa shape index (κ3) is 4.99. The minimum Gasteiger partial charge on any atom is -0.481 e. The van der Waals surface area contributed by atoms with E-state index in [0.717, 1.165) is 5.56 Å². The molecule has 18 heavy (non-hydrogen) atoms. The number of carboxylic acid groups (broad SMARTS) is 1. The van der Waals surface area contributed by atoms with Crippen molar-refractivity contribution >= 4 is 11.9 Å². The third-order valence-electron chi connectivity index (χ3n) is 2.74. The molecule has 3 N–H and O–H groups in total. The topological polar surface area (TPSA) is 95.1 Å². The highest BCUT2D eigenvalue weighted by atomic mass is 16.4. The maximum Gasteiger partial charge on any atom is 0.305 e. The summed E-state index contributed by atoms with van der Waals surface area (Å²) in [6.07, 6.45) is 4.30. The van der Waals surface area contributed by atoms with E-state index < -0.39 is 5.97 Å². The molecule has 1 aromatic heterocycles. The SMILES string of the molecule is CC(C)[C@H](CC(=O)O)NC(=O)CCc1cn[nH]c1. The van der Waals surface area contributed by atoms with Gasteiger partial charge in [0.15, 0.2) is 0 Å². The molecule has 0 aliphatic carbocycles. The minimum atomic E-state index is -0.899. The standard InChI is InChI=1S/C12H19N3O3/c1-8(2)10(5-12(17)18)15-11(16)4-3-9-6-13-14-7-9/h6-8,10H,3-5H2,1-2H3,(H,13,14)(H,15,16)(H,17,18)/t10-/m0/s1. The molecule has 0 saturated heterocycles. The van der Waals surface area contributed by atoms with Crippen LogP contribution in [0.4, 0.5) is 0 Å². The van der Waals surface area contributed by atoms with Gasteiger partial charge in [-0.05, 0) is 17.9 Å². The fraction of sp³-hybridized carbons (Fsp3) is 0.583. The number of H-pyrrole nitrogens is 1. The Kier molecular flexibility index (Phi) is 5.35. The van der Waals surface area contributed by atoms with Crippen molar-refractivity contribution in [3.8, 4) is 0 Å². The van der Waals surface area contributed by atoms with Gasteiger partial charge in [0.2, 0.25) is 5.91 Å². The van der Waals surface area contributed by atoms with Crippen molar-refractivity contribution < 1.29 is 14.7 Å². The van der Waals surface area contributed by atoms with E-state index in [1.54, 1.807) is 12.4 Å². The molecule has 0 aromatic carbocycles. The Morgan fingerprint density at radius 2 is 2.22 bits per heavy atom. The molecular formula is C12H19N3O3. The Morgan fingerprint density at radius 1 is 1.50 bits per heavy atom. The van der Waals surface area contributed by atoms with Crippen molar-refractivity contribution in [1.29, 1.82) is 0 Å². The zero-order valence-electron chi connectivity index (χ0n) is 10.6. The lowest BCUT2D eigenvalue weighted by molar-refractivity contribution is -0.138. The number of aliphatic carboxylic acids is 1. The first-order valence-corrected chi connectivity index (χ1v) is 5.98. The third-order valence-corrected chi connectivity index (χ3v) is 2.74. The van der Waals surface area contributed by atoms with Crippen LogP contribution in [0.3, 0.4) is 0 Å². The van der Waals surface area contributed by atoms with Crippen LogP contribution in [0, 0.1) is 5.92 Å². The molecule has 0 fully saturated rings. The van der Waals surface area contributed by atoms with Gasteiger partial charge < -0.3 is 10.4 Å². The van der Waals surface area contributed by atoms with Gasteiger partial charge >= 0.3 is 5.97 Å². The molecule has 6 heteroatoms. The summed E-state index contributed by atoms with van der Waals surface area (Å²) in [4.78, 5) is 22.4. The molecule has 1 rings (SSSR count). The van der Waals surface area contributed by atoms with Gasteiger partial charge in [-0.1, -0.05) is 13.8 Å². The molecule has 6 nitrogen and oxygen atoms in total. The molecular weight excluding hydrogens is 234 g/mol. The van der Waals surface area contributed by atoms with Crippen LogP contribution in [0.15, 0.2) is 12.4 Å². The molecule has 0 spiro atoms. The summed E-state index contributed by atoms with van der Waals surface area (Å²) in [7, 11) is 0. The zero-order chi connectivity index (χ0) is 13.5. The van der Waals surface area contributed by atoms with Gasteiger partial charge in [-0.3, -0.25) is 14.7 Å². The van der Waals surface area contributed by atoms with E-state index in [0.29, 0.717) is 12.8 Å². The zero-order valence-corrected chi connectivity index (χ0v) is 10.6. The number of nitrogens with one attached hydrogen (secondary N) is 2. The van der Waals surface area contributed by atoms with Gasteiger partial charge in [0.25, 0.3) is 0 Å². The van der Waals surface area contributed by atoms with Crippen molar-refractivity contribution in [3.63, 3.8) is 0 Å². The van der Waals surface area contributed by atoms with Crippen molar-refractivity contribution in [3.05, 3.63) is 18.0 Å². The number of aryl methyl sites for hydroxylation is 1. The lowest BCUT2D eigenvalue weighted by Crippen LogP contribution is -2.40. The molecule has 0 aliphatic heterocycles. The van der Waals surface area contributed by atoms with E-state index in [9.17, 15) is 9.59 Å². The highest BCUT2D eigenvalue weighted by molar-refractivity contribution is 5.77. The van der Waals surface area contributed by atoms with Crippen LogP contribution in [0.5, 0.6) is 0 Å². The summed E-state index contributed by atoms with van der Waals surface area (Å²) < 4.78 is 0. The molecule has 0 aliphatic rings. The first kappa shape index (κ1) is 14.2. The molecule has 1 aromatic rings. The molecule has 100 valence electrons. The van der Waals surface area contributed by atoms with Gasteiger partial charge in [0.1, 0.15) is 0 Å². The van der Waals surface area contributed by atoms with Crippen LogP contribution < -0.4 is 5.32 Å². The van der Waals surface area contributed by atoms with Crippen LogP contribution >= 0.6 is 0 Å². The van der Waals surface area contributed by atoms with Crippen LogP contribution in [0.1, 0.15) is 32.3 Å². The second kappa shape index (κ2) is 6.78. The Bertz CT molecular complexity index is 387. The van der Waals surface area contributed by atoms with Crippen molar-refractivity contribution in [1.82, 2.24) is 15.5 Å². The van der Waals surface area contributed by atoms with Gasteiger partial charge in [0, 0.05) is 18.7 Å². The number of carbonyl (C=O) groups excluding carboxylic acids is 1. The summed E-state index contributed by atoms with van der Waals surface area (Å²) in [5.41, 5.74) is 0.962. The first-order chi connectivity index (χ1) is 8.49. The lowest BCUT2D eigenvalue weighted by Gasteiger charge is -2.20. The number of hydrogen-bond donors (Lipinski definition) is 3. The average Bonchev–Trinajstić information content (AvgIpc) is 2.77. The Hall–Kier alpha value is -1.85. The number of aromatic nitrogens is 2. The molecule has 0 radical (unpaired) electrons. The number of rotatable bonds is 7. The average molecular weight is 253 g/mol. The number of carbonyl (C=O) groups is 2. The van der Waals surface area contributed by atoms with E-state index in [2.05, 4.69) is 15.5 Å². The normalized spacial score (nSPS) is 12.4. The quantitative estimate of drug-likeness (QED) is 0.674. The second-order valence-electron chi connectivity index (χ2n) is 4.62. The summed E-state index contributed by atoms with van der Waals surface area (Å²) in [6, 6.07) is -0.320. The lowest BCUT2D eigenvalue weighted by atomic mass is 10.0. The predicted molar refractivity (Wildman–Crippen MR) is 65.9 cm³/mol. The molecule has 1 atom stereocenters. The molecule has 0 bridgehead atoms. The first-order valence-electron chi connectivity index (χ1n) is 5.98. The minimum absolute atomic E-state index is 0.0465. The Labute approximate surface area is 106 Å². The highest BCUT2D eigenvalue weighted by Gasteiger charge is 2.19. The Balaban J connectivity index is 2.38. The second-order valence-corrected chi connectivity index (χ2v) is 4.62. The van der Waals surface area contributed by atoms with Gasteiger partial charge in [-0.15, -0.1) is 0 Å². The van der Waals surface area contributed by atoms with Gasteiger partial charge in [0.05, 0.1) is 12.6 Å². The van der Waals surface area contributed by atoms with E-state index >= 15 is 0 Å². The highest BCUT2D eigenvalue weighted by Crippen LogP contribution is 2.07. The van der Waals surface area contributed by atoms with Gasteiger partial charge in [-0.2, -0.15) is 5.10 Å². The smallest absolute Gasteiger partial charge is 0.305 e. The number of aromatic amines is 1. The van der Waals surface area contributed by atoms with E-state index in [1.807, 2.05) is 13.8 Å². The summed E-state index contributed by atoms with van der Waals surface area (Å²) in [5.74, 6) is -0.932. The molecule has 1 heterocycles. The number of carboxylic acids is 1. The Morgan fingerprint density at radius 3 is 2.72 bits per heavy atom. The van der Waals surface area contributed by atoms with Crippen LogP contribution in [-0.2, 0) is 16.0 Å². The van der Waals surface area contributed by atoms with Crippen LogP contribution in [0.25, 0.3) is 0 Å². The van der Waals surface area contributed by atoms with Crippen LogP contribution in [-0.4, -0.2) is 33.2 Å². The maximum atomic E-state index is 11.7. The number of nitrogens with zero attached hydrogens (tertiary/aromatic N) is 1. The number of hydrogen-bond acceptors (Lipinski definition) is 3. The van der Waals surface area contributed by atoms with Crippen molar-refractivity contribution in [2.45, 2.75) is 39.2 Å². The summed E-state index contributed by atoms with van der Waals surface area (Å²) in [6.45, 7) is 3.79. The maximum absolute atomic E-state index is 11.7. The van der Waals surface area contributed by atoms with Crippen LogP contribution in [0.2, 0.25) is 0 Å². The molecule has 1 amide bonds. The largest absolute Gasteiger partial charge is 0.481 e. The summed E-state index contributed by atoms with van der Waals surface area (Å²) >= 11 is 0. The fourth-order valence-electron chi connectivity index (χ4n) is 1.59. The van der Waals surface area contributed by atoms with E-state index in [-0.39, 0.29) is 24.3 Å². The number of amides is 1. The van der Waals surface area contributed by atoms with Gasteiger partial charge in [-0.25, -0.2) is 0 Å². The molecule has 0 unspecified atom stereocenters. The molecule has 0 saturated carbocycles. The van der Waals surface area contributed by atoms with Crippen molar-refractivity contribution in [2.24, 2.45) is 5.92 Å². The van der Waals surface area contributed by atoms with Crippen molar-refractivity contribution in [2.75, 3.05) is 0 Å². The summed E-state index contributed by atoms with van der Waals surface area (Å²) in [5, 5.41) is 18.0. The predicted octanol–water partition coefficient (Wildman–Crippen LogP) is 0.958.